The highest BCUT2D eigenvalue weighted by molar-refractivity contribution is 5.75. The highest BCUT2D eigenvalue weighted by Gasteiger charge is 2.14. The van der Waals surface area contributed by atoms with Crippen LogP contribution in [0.2, 0.25) is 0 Å². The van der Waals surface area contributed by atoms with Crippen LogP contribution in [-0.4, -0.2) is 39.1 Å². The fourth-order valence-corrected chi connectivity index (χ4v) is 2.85. The maximum absolute atomic E-state index is 10.4. The molecule has 1 aromatic heterocycles. The molecule has 0 aliphatic rings. The average Bonchev–Trinajstić information content (AvgIpc) is 2.97. The van der Waals surface area contributed by atoms with Crippen LogP contribution in [0.1, 0.15) is 17.8 Å². The molecule has 2 aromatic carbocycles. The van der Waals surface area contributed by atoms with E-state index in [1.54, 1.807) is 0 Å². The van der Waals surface area contributed by atoms with Crippen molar-refractivity contribution in [2.45, 2.75) is 32.4 Å². The summed E-state index contributed by atoms with van der Waals surface area (Å²) in [6, 6.07) is 15.7. The van der Waals surface area contributed by atoms with Gasteiger partial charge in [-0.05, 0) is 37.6 Å². The lowest BCUT2D eigenvalue weighted by molar-refractivity contribution is 0.0926. The Balaban J connectivity index is 1.70. The number of aryl methyl sites for hydroxylation is 2. The smallest absolute Gasteiger partial charge is 0.119 e. The van der Waals surface area contributed by atoms with Crippen LogP contribution in [0.4, 0.5) is 0 Å². The van der Waals surface area contributed by atoms with Gasteiger partial charge in [0.2, 0.25) is 0 Å². The van der Waals surface area contributed by atoms with Gasteiger partial charge >= 0.3 is 0 Å². The first-order chi connectivity index (χ1) is 12.2. The van der Waals surface area contributed by atoms with E-state index in [0.29, 0.717) is 19.4 Å². The zero-order valence-electron chi connectivity index (χ0n) is 14.4. The molecule has 1 unspecified atom stereocenters. The van der Waals surface area contributed by atoms with E-state index >= 15 is 0 Å². The Bertz CT molecular complexity index is 811. The standard InChI is InChI=1S/C20H24N2O3/c1-15-8-10-17(11-9-15)25-14-16(24)13-22-19-6-3-2-5-18(19)21-20(22)7-4-12-23/h2-3,5-6,8-11,16,23-24H,4,7,12-14H2,1H3. The Labute approximate surface area is 147 Å². The number of para-hydroxylation sites is 2. The van der Waals surface area contributed by atoms with Crippen molar-refractivity contribution in [1.29, 1.82) is 0 Å². The van der Waals surface area contributed by atoms with Crippen LogP contribution in [0, 0.1) is 6.92 Å². The summed E-state index contributed by atoms with van der Waals surface area (Å²) in [6.45, 7) is 2.78. The van der Waals surface area contributed by atoms with Gasteiger partial charge < -0.3 is 19.5 Å². The number of fused-ring (bicyclic) bond motifs is 1. The highest BCUT2D eigenvalue weighted by Crippen LogP contribution is 2.18. The van der Waals surface area contributed by atoms with E-state index in [1.165, 1.54) is 5.56 Å². The lowest BCUT2D eigenvalue weighted by Gasteiger charge is -2.15. The summed E-state index contributed by atoms with van der Waals surface area (Å²) >= 11 is 0. The molecule has 25 heavy (non-hydrogen) atoms. The Morgan fingerprint density at radius 2 is 1.88 bits per heavy atom. The number of benzene rings is 2. The third-order valence-corrected chi connectivity index (χ3v) is 4.15. The first-order valence-corrected chi connectivity index (χ1v) is 8.60. The summed E-state index contributed by atoms with van der Waals surface area (Å²) in [4.78, 5) is 4.63. The van der Waals surface area contributed by atoms with Gasteiger partial charge in [-0.1, -0.05) is 29.8 Å². The normalized spacial score (nSPS) is 12.4. The maximum Gasteiger partial charge on any atom is 0.119 e. The number of aliphatic hydroxyl groups is 2. The van der Waals surface area contributed by atoms with Crippen molar-refractivity contribution in [3.63, 3.8) is 0 Å². The van der Waals surface area contributed by atoms with Gasteiger partial charge in [-0.25, -0.2) is 4.98 Å². The molecular weight excluding hydrogens is 316 g/mol. The van der Waals surface area contributed by atoms with E-state index in [2.05, 4.69) is 4.98 Å². The summed E-state index contributed by atoms with van der Waals surface area (Å²) in [5.41, 5.74) is 3.07. The van der Waals surface area contributed by atoms with Crippen LogP contribution in [0.5, 0.6) is 5.75 Å². The minimum atomic E-state index is -0.646. The van der Waals surface area contributed by atoms with Gasteiger partial charge in [0.05, 0.1) is 17.6 Å². The van der Waals surface area contributed by atoms with Crippen molar-refractivity contribution in [2.75, 3.05) is 13.2 Å². The van der Waals surface area contributed by atoms with Crippen LogP contribution in [0.25, 0.3) is 11.0 Å². The van der Waals surface area contributed by atoms with Gasteiger partial charge in [0, 0.05) is 13.0 Å². The molecule has 1 atom stereocenters. The molecule has 0 fully saturated rings. The third kappa shape index (κ3) is 4.38. The molecule has 0 spiro atoms. The van der Waals surface area contributed by atoms with Gasteiger partial charge in [0.25, 0.3) is 0 Å². The van der Waals surface area contributed by atoms with Crippen molar-refractivity contribution in [3.05, 3.63) is 59.9 Å². The Morgan fingerprint density at radius 1 is 1.12 bits per heavy atom. The van der Waals surface area contributed by atoms with Gasteiger partial charge in [-0.15, -0.1) is 0 Å². The lowest BCUT2D eigenvalue weighted by atomic mass is 10.2. The second-order valence-electron chi connectivity index (χ2n) is 6.23. The molecule has 0 radical (unpaired) electrons. The van der Waals surface area contributed by atoms with E-state index in [0.717, 1.165) is 22.6 Å². The Hall–Kier alpha value is -2.37. The molecule has 0 saturated heterocycles. The largest absolute Gasteiger partial charge is 0.491 e. The van der Waals surface area contributed by atoms with Crippen molar-refractivity contribution in [2.24, 2.45) is 0 Å². The Kier molecular flexibility index (Phi) is 5.68. The number of ether oxygens (including phenoxy) is 1. The van der Waals surface area contributed by atoms with Crippen LogP contribution in [0.3, 0.4) is 0 Å². The van der Waals surface area contributed by atoms with Crippen LogP contribution >= 0.6 is 0 Å². The van der Waals surface area contributed by atoms with E-state index in [1.807, 2.05) is 60.0 Å². The zero-order valence-corrected chi connectivity index (χ0v) is 14.4. The highest BCUT2D eigenvalue weighted by atomic mass is 16.5. The minimum absolute atomic E-state index is 0.127. The van der Waals surface area contributed by atoms with Crippen molar-refractivity contribution < 1.29 is 14.9 Å². The molecule has 3 aromatic rings. The van der Waals surface area contributed by atoms with Crippen LogP contribution in [-0.2, 0) is 13.0 Å². The SMILES string of the molecule is Cc1ccc(OCC(O)Cn2c(CCCO)nc3ccccc32)cc1. The fraction of sp³-hybridized carbons (Fsp3) is 0.350. The van der Waals surface area contributed by atoms with Crippen molar-refractivity contribution >= 4 is 11.0 Å². The summed E-state index contributed by atoms with van der Waals surface area (Å²) in [7, 11) is 0. The number of imidazole rings is 1. The molecule has 0 amide bonds. The van der Waals surface area contributed by atoms with Crippen LogP contribution < -0.4 is 4.74 Å². The van der Waals surface area contributed by atoms with Gasteiger partial charge in [0.1, 0.15) is 24.3 Å². The molecule has 132 valence electrons. The topological polar surface area (TPSA) is 67.5 Å². The predicted molar refractivity (Wildman–Crippen MR) is 97.8 cm³/mol. The van der Waals surface area contributed by atoms with Crippen molar-refractivity contribution in [1.82, 2.24) is 9.55 Å². The molecule has 5 nitrogen and oxygen atoms in total. The summed E-state index contributed by atoms with van der Waals surface area (Å²) in [6.07, 6.45) is 0.683. The minimum Gasteiger partial charge on any atom is -0.491 e. The first-order valence-electron chi connectivity index (χ1n) is 8.60. The van der Waals surface area contributed by atoms with E-state index in [-0.39, 0.29) is 13.2 Å². The summed E-state index contributed by atoms with van der Waals surface area (Å²) in [5.74, 6) is 1.63. The molecule has 0 saturated carbocycles. The molecular formula is C20H24N2O3. The number of aromatic nitrogens is 2. The van der Waals surface area contributed by atoms with Gasteiger partial charge in [-0.3, -0.25) is 0 Å². The van der Waals surface area contributed by atoms with Gasteiger partial charge in [0.15, 0.2) is 0 Å². The number of aliphatic hydroxyl groups excluding tert-OH is 2. The molecule has 1 heterocycles. The second kappa shape index (κ2) is 8.14. The number of hydrogen-bond acceptors (Lipinski definition) is 4. The number of nitrogens with zero attached hydrogens (tertiary/aromatic N) is 2. The number of hydrogen-bond donors (Lipinski definition) is 2. The molecule has 0 aliphatic heterocycles. The first kappa shape index (κ1) is 17.5. The van der Waals surface area contributed by atoms with E-state index in [4.69, 9.17) is 9.84 Å². The van der Waals surface area contributed by atoms with Crippen LogP contribution in [0.15, 0.2) is 48.5 Å². The second-order valence-corrected chi connectivity index (χ2v) is 6.23. The molecule has 3 rings (SSSR count). The van der Waals surface area contributed by atoms with Gasteiger partial charge in [-0.2, -0.15) is 0 Å². The lowest BCUT2D eigenvalue weighted by Crippen LogP contribution is -2.24. The molecule has 0 bridgehead atoms. The molecule has 0 aliphatic carbocycles. The Morgan fingerprint density at radius 3 is 2.64 bits per heavy atom. The maximum atomic E-state index is 10.4. The van der Waals surface area contributed by atoms with E-state index in [9.17, 15) is 5.11 Å². The quantitative estimate of drug-likeness (QED) is 0.662. The van der Waals surface area contributed by atoms with E-state index < -0.39 is 6.10 Å². The monoisotopic (exact) mass is 340 g/mol. The average molecular weight is 340 g/mol. The summed E-state index contributed by atoms with van der Waals surface area (Å²) in [5, 5.41) is 19.5. The molecule has 5 heteroatoms. The predicted octanol–water partition coefficient (Wildman–Crippen LogP) is 2.71. The molecule has 2 N–H and O–H groups in total. The zero-order chi connectivity index (χ0) is 17.6. The van der Waals surface area contributed by atoms with Crippen molar-refractivity contribution in [3.8, 4) is 5.75 Å². The fourth-order valence-electron chi connectivity index (χ4n) is 2.85. The summed E-state index contributed by atoms with van der Waals surface area (Å²) < 4.78 is 7.70. The number of rotatable bonds is 8. The third-order valence-electron chi connectivity index (χ3n) is 4.15.